The molecule has 0 unspecified atom stereocenters. The van der Waals surface area contributed by atoms with Crippen LogP contribution < -0.4 is 14.8 Å². The number of nitrogens with one attached hydrogen (secondary N) is 1. The Morgan fingerprint density at radius 3 is 2.71 bits per heavy atom. The van der Waals surface area contributed by atoms with E-state index in [2.05, 4.69) is 26.2 Å². The number of thioether (sulfide) groups is 1. The molecule has 1 aliphatic heterocycles. The van der Waals surface area contributed by atoms with Crippen molar-refractivity contribution in [3.05, 3.63) is 57.2 Å². The minimum absolute atomic E-state index is 0.259. The third-order valence-corrected chi connectivity index (χ3v) is 5.40. The highest BCUT2D eigenvalue weighted by atomic mass is 79.9. The van der Waals surface area contributed by atoms with Gasteiger partial charge in [-0.2, -0.15) is 0 Å². The number of hydrogen-bond donors (Lipinski definition) is 1. The smallest absolute Gasteiger partial charge is 0.344 e. The van der Waals surface area contributed by atoms with E-state index in [0.29, 0.717) is 37.3 Å². The molecule has 2 aromatic carbocycles. The van der Waals surface area contributed by atoms with E-state index in [1.807, 2.05) is 0 Å². The van der Waals surface area contributed by atoms with Crippen molar-refractivity contribution in [1.82, 2.24) is 5.32 Å². The maximum absolute atomic E-state index is 13.0. The molecule has 0 aromatic heterocycles. The molecule has 0 saturated carbocycles. The summed E-state index contributed by atoms with van der Waals surface area (Å²) in [6.07, 6.45) is 1.68. The van der Waals surface area contributed by atoms with Crippen molar-refractivity contribution in [3.8, 4) is 11.5 Å². The van der Waals surface area contributed by atoms with Crippen molar-refractivity contribution in [2.24, 2.45) is 4.99 Å². The van der Waals surface area contributed by atoms with E-state index in [1.54, 1.807) is 25.1 Å². The summed E-state index contributed by atoms with van der Waals surface area (Å²) in [5.74, 6) is -0.422. The van der Waals surface area contributed by atoms with E-state index in [-0.39, 0.29) is 24.9 Å². The highest BCUT2D eigenvalue weighted by molar-refractivity contribution is 9.10. The number of halogens is 2. The molecule has 1 N–H and O–H groups in total. The van der Waals surface area contributed by atoms with Crippen LogP contribution in [0.15, 0.2) is 50.8 Å². The van der Waals surface area contributed by atoms with Gasteiger partial charge in [0.25, 0.3) is 5.91 Å². The van der Waals surface area contributed by atoms with Gasteiger partial charge in [-0.05, 0) is 82.7 Å². The first-order chi connectivity index (χ1) is 14.9. The molecule has 1 saturated heterocycles. The summed E-state index contributed by atoms with van der Waals surface area (Å²) in [5.41, 5.74) is 1.20. The molecular formula is C21H18BrFN2O5S. The van der Waals surface area contributed by atoms with Gasteiger partial charge in [0.05, 0.1) is 28.8 Å². The van der Waals surface area contributed by atoms with Gasteiger partial charge in [0, 0.05) is 0 Å². The van der Waals surface area contributed by atoms with Gasteiger partial charge < -0.3 is 19.5 Å². The largest absolute Gasteiger partial charge is 0.493 e. The predicted molar refractivity (Wildman–Crippen MR) is 120 cm³/mol. The van der Waals surface area contributed by atoms with Crippen LogP contribution in [0.1, 0.15) is 12.5 Å². The lowest BCUT2D eigenvalue weighted by Crippen LogP contribution is -2.19. The molecule has 1 aliphatic rings. The van der Waals surface area contributed by atoms with E-state index in [0.717, 1.165) is 11.8 Å². The maximum atomic E-state index is 13.0. The third-order valence-electron chi connectivity index (χ3n) is 3.90. The van der Waals surface area contributed by atoms with Crippen LogP contribution in [0, 0.1) is 5.82 Å². The van der Waals surface area contributed by atoms with E-state index in [1.165, 1.54) is 31.4 Å². The van der Waals surface area contributed by atoms with Crippen LogP contribution in [-0.4, -0.2) is 37.4 Å². The highest BCUT2D eigenvalue weighted by Crippen LogP contribution is 2.38. The maximum Gasteiger partial charge on any atom is 0.344 e. The molecular weight excluding hydrogens is 491 g/mol. The molecule has 1 fully saturated rings. The second-order valence-corrected chi connectivity index (χ2v) is 7.97. The monoisotopic (exact) mass is 508 g/mol. The normalized spacial score (nSPS) is 15.8. The van der Waals surface area contributed by atoms with Crippen LogP contribution in [0.5, 0.6) is 11.5 Å². The number of nitrogens with zero attached hydrogens (tertiary/aromatic N) is 1. The van der Waals surface area contributed by atoms with Crippen molar-refractivity contribution in [2.75, 3.05) is 20.3 Å². The molecule has 0 radical (unpaired) electrons. The van der Waals surface area contributed by atoms with Gasteiger partial charge in [-0.1, -0.05) is 0 Å². The van der Waals surface area contributed by atoms with Crippen molar-refractivity contribution in [2.45, 2.75) is 6.92 Å². The fourth-order valence-electron chi connectivity index (χ4n) is 2.56. The summed E-state index contributed by atoms with van der Waals surface area (Å²) in [6.45, 7) is 1.72. The highest BCUT2D eigenvalue weighted by Gasteiger charge is 2.24. The molecule has 7 nitrogen and oxygen atoms in total. The summed E-state index contributed by atoms with van der Waals surface area (Å²) in [6, 6.07) is 9.06. The lowest BCUT2D eigenvalue weighted by molar-refractivity contribution is -0.145. The molecule has 0 atom stereocenters. The lowest BCUT2D eigenvalue weighted by Gasteiger charge is -2.13. The first kappa shape index (κ1) is 22.8. The number of ether oxygens (including phenoxy) is 3. The molecule has 31 heavy (non-hydrogen) atoms. The first-order valence-corrected chi connectivity index (χ1v) is 10.7. The lowest BCUT2D eigenvalue weighted by atomic mass is 10.2. The van der Waals surface area contributed by atoms with E-state index < -0.39 is 5.97 Å². The molecule has 1 heterocycles. The zero-order valence-electron chi connectivity index (χ0n) is 16.6. The number of carbonyl (C=O) groups is 2. The van der Waals surface area contributed by atoms with Gasteiger partial charge in [0.1, 0.15) is 5.82 Å². The van der Waals surface area contributed by atoms with Gasteiger partial charge in [-0.3, -0.25) is 4.79 Å². The average molecular weight is 509 g/mol. The SMILES string of the molecule is CCOC(=O)COc1c(Br)cc(/C=C2/SC(=Nc3ccc(F)cc3)NC2=O)cc1OC. The number of carbonyl (C=O) groups excluding carboxylic acids is 2. The fraction of sp³-hybridized carbons (Fsp3) is 0.190. The Hall–Kier alpha value is -2.85. The Balaban J connectivity index is 1.79. The fourth-order valence-corrected chi connectivity index (χ4v) is 3.98. The summed E-state index contributed by atoms with van der Waals surface area (Å²) >= 11 is 4.57. The summed E-state index contributed by atoms with van der Waals surface area (Å²) in [4.78, 5) is 28.6. The predicted octanol–water partition coefficient (Wildman–Crippen LogP) is 4.43. The molecule has 10 heteroatoms. The van der Waals surface area contributed by atoms with Crippen LogP contribution in [0.4, 0.5) is 10.1 Å². The number of rotatable bonds is 7. The zero-order valence-corrected chi connectivity index (χ0v) is 19.0. The van der Waals surface area contributed by atoms with Crippen molar-refractivity contribution in [3.63, 3.8) is 0 Å². The molecule has 0 spiro atoms. The number of methoxy groups -OCH3 is 1. The summed E-state index contributed by atoms with van der Waals surface area (Å²) in [5, 5.41) is 3.07. The topological polar surface area (TPSA) is 86.2 Å². The Bertz CT molecular complexity index is 1060. The second kappa shape index (κ2) is 10.5. The molecule has 162 valence electrons. The zero-order chi connectivity index (χ0) is 22.4. The first-order valence-electron chi connectivity index (χ1n) is 9.10. The minimum Gasteiger partial charge on any atom is -0.493 e. The van der Waals surface area contributed by atoms with Crippen LogP contribution in [0.25, 0.3) is 6.08 Å². The van der Waals surface area contributed by atoms with Crippen molar-refractivity contribution < 1.29 is 28.2 Å². The van der Waals surface area contributed by atoms with Gasteiger partial charge >= 0.3 is 5.97 Å². The van der Waals surface area contributed by atoms with Crippen LogP contribution >= 0.6 is 27.7 Å². The molecule has 1 amide bonds. The van der Waals surface area contributed by atoms with E-state index in [9.17, 15) is 14.0 Å². The quantitative estimate of drug-likeness (QED) is 0.439. The number of hydrogen-bond acceptors (Lipinski definition) is 7. The standard InChI is InChI=1S/C21H18BrFN2O5S/c1-3-29-18(26)11-30-19-15(22)8-12(9-16(19)28-2)10-17-20(27)25-21(31-17)24-14-6-4-13(23)5-7-14/h4-10H,3,11H2,1-2H3,(H,24,25,27)/b17-10+. The summed E-state index contributed by atoms with van der Waals surface area (Å²) < 4.78 is 29.3. The average Bonchev–Trinajstić information content (AvgIpc) is 3.07. The number of amides is 1. The number of esters is 1. The van der Waals surface area contributed by atoms with E-state index >= 15 is 0 Å². The van der Waals surface area contributed by atoms with Crippen molar-refractivity contribution in [1.29, 1.82) is 0 Å². The van der Waals surface area contributed by atoms with E-state index in [4.69, 9.17) is 14.2 Å². The van der Waals surface area contributed by atoms with Gasteiger partial charge in [0.15, 0.2) is 23.3 Å². The summed E-state index contributed by atoms with van der Waals surface area (Å²) in [7, 11) is 1.47. The van der Waals surface area contributed by atoms with Gasteiger partial charge in [-0.25, -0.2) is 14.2 Å². The van der Waals surface area contributed by atoms with Crippen molar-refractivity contribution >= 4 is 56.5 Å². The van der Waals surface area contributed by atoms with Gasteiger partial charge in [-0.15, -0.1) is 0 Å². The Labute approximate surface area is 190 Å². The van der Waals surface area contributed by atoms with Crippen LogP contribution in [0.3, 0.4) is 0 Å². The Kier molecular flexibility index (Phi) is 7.69. The molecule has 3 rings (SSSR count). The molecule has 0 bridgehead atoms. The third kappa shape index (κ3) is 6.08. The minimum atomic E-state index is -0.491. The molecule has 0 aliphatic carbocycles. The van der Waals surface area contributed by atoms with Crippen LogP contribution in [-0.2, 0) is 14.3 Å². The van der Waals surface area contributed by atoms with Crippen LogP contribution in [0.2, 0.25) is 0 Å². The Morgan fingerprint density at radius 1 is 1.29 bits per heavy atom. The Morgan fingerprint density at radius 2 is 2.03 bits per heavy atom. The number of benzene rings is 2. The second-order valence-electron chi connectivity index (χ2n) is 6.09. The number of amidine groups is 1. The van der Waals surface area contributed by atoms with Gasteiger partial charge in [0.2, 0.25) is 0 Å². The molecule has 2 aromatic rings. The number of aliphatic imine (C=N–C) groups is 1.